The van der Waals surface area contributed by atoms with E-state index in [-0.39, 0.29) is 11.9 Å². The Morgan fingerprint density at radius 1 is 1.20 bits per heavy atom. The van der Waals surface area contributed by atoms with Crippen LogP contribution in [-0.2, 0) is 9.53 Å². The molecule has 3 aromatic heterocycles. The molecule has 2 aliphatic rings. The summed E-state index contributed by atoms with van der Waals surface area (Å²) in [5.41, 5.74) is 3.46. The van der Waals surface area contributed by atoms with Gasteiger partial charge in [-0.3, -0.25) is 14.7 Å². The molecule has 35 heavy (non-hydrogen) atoms. The summed E-state index contributed by atoms with van der Waals surface area (Å²) < 4.78 is 11.5. The van der Waals surface area contributed by atoms with Gasteiger partial charge in [0.25, 0.3) is 0 Å². The van der Waals surface area contributed by atoms with Gasteiger partial charge in [-0.05, 0) is 65.2 Å². The van der Waals surface area contributed by atoms with Crippen LogP contribution in [-0.4, -0.2) is 62.7 Å². The van der Waals surface area contributed by atoms with Gasteiger partial charge in [0.2, 0.25) is 11.8 Å². The Kier molecular flexibility index (Phi) is 5.65. The van der Waals surface area contributed by atoms with Crippen molar-refractivity contribution in [1.82, 2.24) is 19.9 Å². The van der Waals surface area contributed by atoms with Crippen molar-refractivity contribution in [3.8, 4) is 17.1 Å². The zero-order valence-corrected chi connectivity index (χ0v) is 20.8. The molecule has 2 amide bonds. The van der Waals surface area contributed by atoms with Crippen LogP contribution in [0, 0.1) is 6.92 Å². The van der Waals surface area contributed by atoms with Crippen molar-refractivity contribution < 1.29 is 19.1 Å². The Balaban J connectivity index is 1.52. The molecule has 3 aromatic rings. The standard InChI is InChI=1S/C26H31N5O4/c1-15-6-7-20(31(15)25(33)35-26(3,4)5)24(32)30-12-13-34-23-22(30)16(2)18(14-29-23)21-17-8-10-27-19(17)9-11-28-21/h8-11,14-15,20,27H,6-7,12-13H2,1-5H3/t15-,20+/m0/s1. The van der Waals surface area contributed by atoms with E-state index < -0.39 is 17.7 Å². The summed E-state index contributed by atoms with van der Waals surface area (Å²) in [5.74, 6) is 0.279. The van der Waals surface area contributed by atoms with E-state index >= 15 is 0 Å². The molecule has 9 heteroatoms. The number of aromatic amines is 1. The smallest absolute Gasteiger partial charge is 0.411 e. The summed E-state index contributed by atoms with van der Waals surface area (Å²) in [4.78, 5) is 42.6. The van der Waals surface area contributed by atoms with Gasteiger partial charge >= 0.3 is 6.09 Å². The maximum Gasteiger partial charge on any atom is 0.411 e. The summed E-state index contributed by atoms with van der Waals surface area (Å²) in [5, 5.41) is 0.979. The lowest BCUT2D eigenvalue weighted by Crippen LogP contribution is -2.52. The predicted molar refractivity (Wildman–Crippen MR) is 132 cm³/mol. The molecule has 1 fully saturated rings. The summed E-state index contributed by atoms with van der Waals surface area (Å²) in [6.45, 7) is 10.1. The van der Waals surface area contributed by atoms with Crippen LogP contribution in [0.1, 0.15) is 46.1 Å². The number of anilines is 1. The third kappa shape index (κ3) is 4.09. The molecule has 9 nitrogen and oxygen atoms in total. The van der Waals surface area contributed by atoms with E-state index in [0.717, 1.165) is 34.1 Å². The highest BCUT2D eigenvalue weighted by Crippen LogP contribution is 2.40. The van der Waals surface area contributed by atoms with Gasteiger partial charge in [0, 0.05) is 41.1 Å². The molecular formula is C26H31N5O4. The Bertz CT molecular complexity index is 1290. The van der Waals surface area contributed by atoms with E-state index in [1.807, 2.05) is 52.9 Å². The number of aromatic nitrogens is 3. The highest BCUT2D eigenvalue weighted by molar-refractivity contribution is 6.02. The fraction of sp³-hybridized carbons (Fsp3) is 0.462. The van der Waals surface area contributed by atoms with Gasteiger partial charge in [-0.15, -0.1) is 0 Å². The highest BCUT2D eigenvalue weighted by Gasteiger charge is 2.44. The Morgan fingerprint density at radius 3 is 2.77 bits per heavy atom. The summed E-state index contributed by atoms with van der Waals surface area (Å²) in [7, 11) is 0. The Hall–Kier alpha value is -3.62. The van der Waals surface area contributed by atoms with E-state index in [1.54, 1.807) is 22.2 Å². The highest BCUT2D eigenvalue weighted by atomic mass is 16.6. The number of pyridine rings is 2. The van der Waals surface area contributed by atoms with Gasteiger partial charge in [0.1, 0.15) is 23.9 Å². The van der Waals surface area contributed by atoms with Gasteiger partial charge in [-0.1, -0.05) is 0 Å². The van der Waals surface area contributed by atoms with Crippen molar-refractivity contribution in [1.29, 1.82) is 0 Å². The minimum Gasteiger partial charge on any atom is -0.474 e. The number of hydrogen-bond donors (Lipinski definition) is 1. The number of carbonyl (C=O) groups is 2. The average Bonchev–Trinajstić information content (AvgIpc) is 3.44. The first-order valence-electron chi connectivity index (χ1n) is 12.0. The second kappa shape index (κ2) is 8.55. The molecular weight excluding hydrogens is 446 g/mol. The number of amides is 2. The van der Waals surface area contributed by atoms with Crippen LogP contribution in [0.3, 0.4) is 0 Å². The summed E-state index contributed by atoms with van der Waals surface area (Å²) in [6, 6.07) is 3.22. The third-order valence-corrected chi connectivity index (χ3v) is 6.65. The monoisotopic (exact) mass is 477 g/mol. The first kappa shape index (κ1) is 23.1. The minimum atomic E-state index is -0.639. The summed E-state index contributed by atoms with van der Waals surface area (Å²) >= 11 is 0. The lowest BCUT2D eigenvalue weighted by atomic mass is 10.0. The van der Waals surface area contributed by atoms with Crippen LogP contribution < -0.4 is 9.64 Å². The zero-order chi connectivity index (χ0) is 24.9. The third-order valence-electron chi connectivity index (χ3n) is 6.65. The predicted octanol–water partition coefficient (Wildman–Crippen LogP) is 4.45. The van der Waals surface area contributed by atoms with Crippen LogP contribution in [0.4, 0.5) is 10.5 Å². The fourth-order valence-electron chi connectivity index (χ4n) is 5.02. The minimum absolute atomic E-state index is 0.0831. The van der Waals surface area contributed by atoms with Crippen LogP contribution in [0.15, 0.2) is 30.7 Å². The molecule has 2 atom stereocenters. The zero-order valence-electron chi connectivity index (χ0n) is 20.8. The molecule has 5 heterocycles. The maximum atomic E-state index is 13.9. The SMILES string of the molecule is Cc1c(-c2nccc3[nH]ccc23)cnc2c1N(C(=O)[C@H]1CC[C@H](C)N1C(=O)OC(C)(C)C)CCO2. The van der Waals surface area contributed by atoms with Crippen LogP contribution >= 0.6 is 0 Å². The van der Waals surface area contributed by atoms with Crippen molar-refractivity contribution in [3.63, 3.8) is 0 Å². The van der Waals surface area contributed by atoms with Gasteiger partial charge in [0.15, 0.2) is 0 Å². The molecule has 0 spiro atoms. The number of ether oxygens (including phenoxy) is 2. The average molecular weight is 478 g/mol. The number of nitrogens with zero attached hydrogens (tertiary/aromatic N) is 4. The molecule has 0 unspecified atom stereocenters. The number of fused-ring (bicyclic) bond motifs is 2. The molecule has 0 radical (unpaired) electrons. The van der Waals surface area contributed by atoms with Crippen LogP contribution in [0.25, 0.3) is 22.2 Å². The molecule has 2 aliphatic heterocycles. The van der Waals surface area contributed by atoms with Gasteiger partial charge in [-0.25, -0.2) is 9.78 Å². The van der Waals surface area contributed by atoms with Crippen molar-refractivity contribution in [3.05, 3.63) is 36.3 Å². The number of H-pyrrole nitrogens is 1. The quantitative estimate of drug-likeness (QED) is 0.585. The fourth-order valence-corrected chi connectivity index (χ4v) is 5.02. The first-order chi connectivity index (χ1) is 16.7. The number of hydrogen-bond acceptors (Lipinski definition) is 6. The normalized spacial score (nSPS) is 20.0. The molecule has 1 N–H and O–H groups in total. The topological polar surface area (TPSA) is 101 Å². The molecule has 0 aliphatic carbocycles. The molecule has 5 rings (SSSR count). The van der Waals surface area contributed by atoms with Crippen molar-refractivity contribution >= 4 is 28.6 Å². The molecule has 184 valence electrons. The number of likely N-dealkylation sites (tertiary alicyclic amines) is 1. The Labute approximate surface area is 204 Å². The number of rotatable bonds is 2. The lowest BCUT2D eigenvalue weighted by Gasteiger charge is -2.36. The van der Waals surface area contributed by atoms with Crippen molar-refractivity contribution in [2.75, 3.05) is 18.1 Å². The van der Waals surface area contributed by atoms with E-state index in [2.05, 4.69) is 15.0 Å². The summed E-state index contributed by atoms with van der Waals surface area (Å²) in [6.07, 6.45) is 6.25. The number of nitrogens with one attached hydrogen (secondary N) is 1. The van der Waals surface area contributed by atoms with Crippen LogP contribution in [0.5, 0.6) is 5.88 Å². The van der Waals surface area contributed by atoms with Gasteiger partial charge < -0.3 is 19.4 Å². The van der Waals surface area contributed by atoms with Crippen LogP contribution in [0.2, 0.25) is 0 Å². The lowest BCUT2D eigenvalue weighted by molar-refractivity contribution is -0.123. The van der Waals surface area contributed by atoms with E-state index in [0.29, 0.717) is 31.1 Å². The van der Waals surface area contributed by atoms with Gasteiger partial charge in [-0.2, -0.15) is 0 Å². The van der Waals surface area contributed by atoms with E-state index in [4.69, 9.17) is 9.47 Å². The molecule has 0 aromatic carbocycles. The number of carbonyl (C=O) groups excluding carboxylic acids is 2. The molecule has 0 saturated carbocycles. The second-order valence-corrected chi connectivity index (χ2v) is 10.2. The maximum absolute atomic E-state index is 13.9. The van der Waals surface area contributed by atoms with E-state index in [1.165, 1.54) is 0 Å². The largest absolute Gasteiger partial charge is 0.474 e. The van der Waals surface area contributed by atoms with Gasteiger partial charge in [0.05, 0.1) is 12.2 Å². The Morgan fingerprint density at radius 2 is 2.00 bits per heavy atom. The second-order valence-electron chi connectivity index (χ2n) is 10.2. The molecule has 0 bridgehead atoms. The van der Waals surface area contributed by atoms with E-state index in [9.17, 15) is 9.59 Å². The first-order valence-corrected chi connectivity index (χ1v) is 12.0. The van der Waals surface area contributed by atoms with Crippen molar-refractivity contribution in [2.45, 2.75) is 65.1 Å². The van der Waals surface area contributed by atoms with Crippen molar-refractivity contribution in [2.24, 2.45) is 0 Å². The molecule has 1 saturated heterocycles.